The van der Waals surface area contributed by atoms with Crippen LogP contribution in [0.1, 0.15) is 30.0 Å². The number of thiophene rings is 1. The Labute approximate surface area is 128 Å². The fourth-order valence-corrected chi connectivity index (χ4v) is 3.44. The zero-order chi connectivity index (χ0) is 14.6. The van der Waals surface area contributed by atoms with Crippen LogP contribution in [0.4, 0.5) is 0 Å². The van der Waals surface area contributed by atoms with Crippen LogP contribution in [-0.2, 0) is 11.3 Å². The van der Waals surface area contributed by atoms with Gasteiger partial charge in [0.15, 0.2) is 0 Å². The molecule has 1 aromatic rings. The lowest BCUT2D eigenvalue weighted by Gasteiger charge is -2.23. The van der Waals surface area contributed by atoms with Crippen LogP contribution < -0.4 is 5.32 Å². The predicted octanol–water partition coefficient (Wildman–Crippen LogP) is 3.41. The summed E-state index contributed by atoms with van der Waals surface area (Å²) in [7, 11) is 3.62. The summed E-state index contributed by atoms with van der Waals surface area (Å²) in [6.45, 7) is 7.12. The van der Waals surface area contributed by atoms with Crippen molar-refractivity contribution in [2.24, 2.45) is 5.92 Å². The Morgan fingerprint density at radius 3 is 2.53 bits per heavy atom. The van der Waals surface area contributed by atoms with Gasteiger partial charge in [0.2, 0.25) is 5.91 Å². The van der Waals surface area contributed by atoms with E-state index in [1.54, 1.807) is 16.2 Å². The van der Waals surface area contributed by atoms with Gasteiger partial charge in [-0.1, -0.05) is 13.8 Å². The van der Waals surface area contributed by atoms with Crippen molar-refractivity contribution in [3.8, 4) is 0 Å². The van der Waals surface area contributed by atoms with Crippen LogP contribution in [0.5, 0.6) is 0 Å². The van der Waals surface area contributed by atoms with Gasteiger partial charge in [-0.3, -0.25) is 4.79 Å². The van der Waals surface area contributed by atoms with E-state index < -0.39 is 0 Å². The molecule has 19 heavy (non-hydrogen) atoms. The molecule has 1 rings (SSSR count). The first kappa shape index (κ1) is 16.7. The molecule has 0 saturated heterocycles. The van der Waals surface area contributed by atoms with Crippen LogP contribution in [0.15, 0.2) is 10.5 Å². The van der Waals surface area contributed by atoms with Crippen LogP contribution in [0.2, 0.25) is 0 Å². The minimum atomic E-state index is -0.101. The first-order chi connectivity index (χ1) is 8.81. The molecule has 108 valence electrons. The number of nitrogens with one attached hydrogen (secondary N) is 1. The number of halogens is 1. The van der Waals surface area contributed by atoms with Crippen molar-refractivity contribution in [3.63, 3.8) is 0 Å². The molecule has 1 unspecified atom stereocenters. The third kappa shape index (κ3) is 5.24. The summed E-state index contributed by atoms with van der Waals surface area (Å²) in [5, 5.41) is 3.39. The largest absolute Gasteiger partial charge is 0.347 e. The van der Waals surface area contributed by atoms with Crippen molar-refractivity contribution in [3.05, 3.63) is 20.3 Å². The van der Waals surface area contributed by atoms with Crippen molar-refractivity contribution in [1.29, 1.82) is 0 Å². The Morgan fingerprint density at radius 1 is 1.47 bits per heavy atom. The molecule has 0 spiro atoms. The van der Waals surface area contributed by atoms with E-state index in [9.17, 15) is 4.79 Å². The van der Waals surface area contributed by atoms with Crippen molar-refractivity contribution < 1.29 is 4.79 Å². The minimum Gasteiger partial charge on any atom is -0.347 e. The normalized spacial score (nSPS) is 12.8. The van der Waals surface area contributed by atoms with Crippen LogP contribution in [0.3, 0.4) is 0 Å². The fraction of sp³-hybridized carbons (Fsp3) is 0.643. The van der Waals surface area contributed by atoms with E-state index in [0.717, 1.165) is 17.4 Å². The zero-order valence-electron chi connectivity index (χ0n) is 12.3. The molecule has 1 amide bonds. The summed E-state index contributed by atoms with van der Waals surface area (Å²) in [5.41, 5.74) is 0. The smallest absolute Gasteiger partial charge is 0.239 e. The van der Waals surface area contributed by atoms with Gasteiger partial charge in [0.25, 0.3) is 0 Å². The van der Waals surface area contributed by atoms with Crippen LogP contribution in [0, 0.1) is 12.8 Å². The lowest BCUT2D eigenvalue weighted by Crippen LogP contribution is -2.44. The van der Waals surface area contributed by atoms with Crippen molar-refractivity contribution in [1.82, 2.24) is 10.2 Å². The number of amides is 1. The van der Waals surface area contributed by atoms with E-state index in [1.807, 2.05) is 14.1 Å². The topological polar surface area (TPSA) is 32.3 Å². The van der Waals surface area contributed by atoms with E-state index in [2.05, 4.69) is 48.1 Å². The van der Waals surface area contributed by atoms with Gasteiger partial charge in [-0.2, -0.15) is 0 Å². The average molecular weight is 347 g/mol. The van der Waals surface area contributed by atoms with E-state index >= 15 is 0 Å². The third-order valence-electron chi connectivity index (χ3n) is 2.88. The highest BCUT2D eigenvalue weighted by molar-refractivity contribution is 9.10. The van der Waals surface area contributed by atoms with Gasteiger partial charge in [-0.15, -0.1) is 11.3 Å². The summed E-state index contributed by atoms with van der Waals surface area (Å²) < 4.78 is 1.15. The highest BCUT2D eigenvalue weighted by Crippen LogP contribution is 2.26. The van der Waals surface area contributed by atoms with Gasteiger partial charge >= 0.3 is 0 Å². The third-order valence-corrected chi connectivity index (χ3v) is 5.01. The molecule has 0 aliphatic carbocycles. The number of carbonyl (C=O) groups excluding carboxylic acids is 1. The van der Waals surface area contributed by atoms with Gasteiger partial charge in [0.1, 0.15) is 0 Å². The molecular formula is C14H23BrN2OS. The Kier molecular flexibility index (Phi) is 6.50. The van der Waals surface area contributed by atoms with Gasteiger partial charge in [0, 0.05) is 34.9 Å². The lowest BCUT2D eigenvalue weighted by atomic mass is 10.0. The summed E-state index contributed by atoms with van der Waals surface area (Å²) in [5.74, 6) is 0.652. The van der Waals surface area contributed by atoms with Gasteiger partial charge in [-0.05, 0) is 41.3 Å². The van der Waals surface area contributed by atoms with Crippen LogP contribution >= 0.6 is 27.3 Å². The molecule has 5 heteroatoms. The molecule has 1 aromatic heterocycles. The Morgan fingerprint density at radius 2 is 2.11 bits per heavy atom. The quantitative estimate of drug-likeness (QED) is 0.855. The number of carbonyl (C=O) groups is 1. The molecule has 0 fully saturated rings. The second-order valence-electron chi connectivity index (χ2n) is 5.41. The minimum absolute atomic E-state index is 0.101. The number of rotatable bonds is 6. The molecule has 1 N–H and O–H groups in total. The second kappa shape index (κ2) is 7.41. The summed E-state index contributed by atoms with van der Waals surface area (Å²) in [6, 6.07) is 2.02. The summed E-state index contributed by atoms with van der Waals surface area (Å²) >= 11 is 5.28. The Balaban J connectivity index is 2.64. The van der Waals surface area contributed by atoms with E-state index in [1.165, 1.54) is 9.75 Å². The van der Waals surface area contributed by atoms with Crippen LogP contribution in [-0.4, -0.2) is 30.9 Å². The molecule has 1 atom stereocenters. The maximum atomic E-state index is 12.1. The lowest BCUT2D eigenvalue weighted by molar-refractivity contribution is -0.131. The standard InChI is InChI=1S/C14H23BrN2OS/c1-9(2)6-13(14(18)17(4)5)16-8-11-7-12(15)10(3)19-11/h7,9,13,16H,6,8H2,1-5H3. The Hall–Kier alpha value is -0.390. The molecule has 0 saturated carbocycles. The highest BCUT2D eigenvalue weighted by atomic mass is 79.9. The first-order valence-electron chi connectivity index (χ1n) is 6.50. The fourth-order valence-electron chi connectivity index (χ4n) is 1.88. The molecule has 1 heterocycles. The van der Waals surface area contributed by atoms with E-state index in [-0.39, 0.29) is 11.9 Å². The monoisotopic (exact) mass is 346 g/mol. The van der Waals surface area contributed by atoms with Gasteiger partial charge < -0.3 is 10.2 Å². The van der Waals surface area contributed by atoms with Crippen molar-refractivity contribution >= 4 is 33.2 Å². The number of hydrogen-bond donors (Lipinski definition) is 1. The maximum Gasteiger partial charge on any atom is 0.239 e. The van der Waals surface area contributed by atoms with E-state index in [0.29, 0.717) is 5.92 Å². The zero-order valence-corrected chi connectivity index (χ0v) is 14.7. The van der Waals surface area contributed by atoms with Crippen LogP contribution in [0.25, 0.3) is 0 Å². The molecular weight excluding hydrogens is 324 g/mol. The second-order valence-corrected chi connectivity index (χ2v) is 7.61. The first-order valence-corrected chi connectivity index (χ1v) is 8.11. The summed E-state index contributed by atoms with van der Waals surface area (Å²) in [4.78, 5) is 16.3. The predicted molar refractivity (Wildman–Crippen MR) is 85.5 cm³/mol. The number of likely N-dealkylation sites (N-methyl/N-ethyl adjacent to an activating group) is 1. The highest BCUT2D eigenvalue weighted by Gasteiger charge is 2.21. The molecule has 0 aromatic carbocycles. The summed E-state index contributed by atoms with van der Waals surface area (Å²) in [6.07, 6.45) is 0.864. The van der Waals surface area contributed by atoms with E-state index in [4.69, 9.17) is 0 Å². The SMILES string of the molecule is Cc1sc(CNC(CC(C)C)C(=O)N(C)C)cc1Br. The maximum absolute atomic E-state index is 12.1. The number of aryl methyl sites for hydroxylation is 1. The number of hydrogen-bond acceptors (Lipinski definition) is 3. The molecule has 0 bridgehead atoms. The molecule has 0 aliphatic heterocycles. The molecule has 0 radical (unpaired) electrons. The van der Waals surface area contributed by atoms with Gasteiger partial charge in [-0.25, -0.2) is 0 Å². The average Bonchev–Trinajstić information content (AvgIpc) is 2.62. The van der Waals surface area contributed by atoms with Gasteiger partial charge in [0.05, 0.1) is 6.04 Å². The van der Waals surface area contributed by atoms with Crippen molar-refractivity contribution in [2.75, 3.05) is 14.1 Å². The Bertz CT molecular complexity index is 410. The number of nitrogens with zero attached hydrogens (tertiary/aromatic N) is 1. The van der Waals surface area contributed by atoms with Crippen molar-refractivity contribution in [2.45, 2.75) is 39.8 Å². The molecule has 0 aliphatic rings. The molecule has 3 nitrogen and oxygen atoms in total.